The van der Waals surface area contributed by atoms with Crippen molar-refractivity contribution >= 4 is 0 Å². The van der Waals surface area contributed by atoms with Gasteiger partial charge in [-0.25, -0.2) is 0 Å². The number of allylic oxidation sites excluding steroid dienone is 2. The molecule has 0 saturated carbocycles. The third kappa shape index (κ3) is 1.12. The third-order valence-electron chi connectivity index (χ3n) is 0.905. The van der Waals surface area contributed by atoms with Crippen LogP contribution in [0, 0.1) is 6.42 Å². The van der Waals surface area contributed by atoms with E-state index in [-0.39, 0.29) is 0 Å². The Bertz CT molecular complexity index is 119. The molecule has 1 aliphatic rings. The molecule has 0 fully saturated rings. The van der Waals surface area contributed by atoms with Gasteiger partial charge in [-0.3, -0.25) is 0 Å². The smallest absolute Gasteiger partial charge is 0.296 e. The second kappa shape index (κ2) is 1.65. The molecule has 1 rings (SSSR count). The Labute approximate surface area is 47.8 Å². The summed E-state index contributed by atoms with van der Waals surface area (Å²) in [6.45, 7) is 0. The third-order valence-corrected chi connectivity index (χ3v) is 0.905. The molecule has 0 aromatic rings. The monoisotopic (exact) mass is 111 g/mol. The van der Waals surface area contributed by atoms with Crippen molar-refractivity contribution in [1.82, 2.24) is 0 Å². The van der Waals surface area contributed by atoms with Gasteiger partial charge in [-0.15, -0.1) is 0 Å². The minimum Gasteiger partial charge on any atom is -0.338 e. The molecule has 0 aromatic carbocycles. The van der Waals surface area contributed by atoms with Gasteiger partial charge >= 0.3 is 0 Å². The van der Waals surface area contributed by atoms with E-state index < -0.39 is 5.79 Å². The average molecular weight is 111 g/mol. The molecule has 0 bridgehead atoms. The first-order valence-corrected chi connectivity index (χ1v) is 2.36. The van der Waals surface area contributed by atoms with E-state index in [4.69, 9.17) is 10.2 Å². The van der Waals surface area contributed by atoms with Crippen LogP contribution in [-0.4, -0.2) is 16.0 Å². The van der Waals surface area contributed by atoms with Gasteiger partial charge in [-0.1, -0.05) is 0 Å². The SMILES string of the molecule is OC1(O)C=C[CH+]C=C1. The van der Waals surface area contributed by atoms with Crippen LogP contribution in [0.4, 0.5) is 0 Å². The zero-order chi connectivity index (χ0) is 6.04. The van der Waals surface area contributed by atoms with Crippen molar-refractivity contribution in [1.29, 1.82) is 0 Å². The van der Waals surface area contributed by atoms with Crippen molar-refractivity contribution in [3.63, 3.8) is 0 Å². The molecule has 2 heteroatoms. The summed E-state index contributed by atoms with van der Waals surface area (Å²) in [4.78, 5) is 0. The molecule has 1 aliphatic carbocycles. The van der Waals surface area contributed by atoms with Crippen LogP contribution < -0.4 is 0 Å². The van der Waals surface area contributed by atoms with Gasteiger partial charge in [0.15, 0.2) is 0 Å². The maximum atomic E-state index is 8.74. The number of rotatable bonds is 0. The molecule has 2 N–H and O–H groups in total. The van der Waals surface area contributed by atoms with E-state index in [1.54, 1.807) is 18.6 Å². The fourth-order valence-electron chi connectivity index (χ4n) is 0.514. The molecule has 0 saturated heterocycles. The van der Waals surface area contributed by atoms with Gasteiger partial charge in [0.25, 0.3) is 5.79 Å². The predicted molar refractivity (Wildman–Crippen MR) is 29.7 cm³/mol. The van der Waals surface area contributed by atoms with Crippen molar-refractivity contribution < 1.29 is 10.2 Å². The molecule has 0 atom stereocenters. The summed E-state index contributed by atoms with van der Waals surface area (Å²) in [7, 11) is 0. The molecule has 0 unspecified atom stereocenters. The quantitative estimate of drug-likeness (QED) is 0.341. The van der Waals surface area contributed by atoms with Crippen molar-refractivity contribution in [3.05, 3.63) is 30.7 Å². The highest BCUT2D eigenvalue weighted by Crippen LogP contribution is 2.09. The maximum Gasteiger partial charge on any atom is 0.296 e. The fraction of sp³-hybridized carbons (Fsp3) is 0.167. The number of aliphatic hydroxyl groups is 2. The van der Waals surface area contributed by atoms with Gasteiger partial charge in [-0.05, 0) is 0 Å². The van der Waals surface area contributed by atoms with Crippen molar-refractivity contribution in [3.8, 4) is 0 Å². The summed E-state index contributed by atoms with van der Waals surface area (Å²) in [5.74, 6) is -1.71. The lowest BCUT2D eigenvalue weighted by molar-refractivity contribution is -0.0747. The molecule has 42 valence electrons. The highest BCUT2D eigenvalue weighted by molar-refractivity contribution is 5.22. The van der Waals surface area contributed by atoms with E-state index in [0.717, 1.165) is 0 Å². The molecular formula is C6H7O2+. The zero-order valence-corrected chi connectivity index (χ0v) is 4.28. The van der Waals surface area contributed by atoms with Crippen molar-refractivity contribution in [2.75, 3.05) is 0 Å². The Balaban J connectivity index is 2.69. The Hall–Kier alpha value is -0.730. The molecule has 0 amide bonds. The van der Waals surface area contributed by atoms with Crippen LogP contribution in [0.5, 0.6) is 0 Å². The summed E-state index contributed by atoms with van der Waals surface area (Å²) in [5.41, 5.74) is 0. The van der Waals surface area contributed by atoms with Gasteiger partial charge in [0.2, 0.25) is 0 Å². The molecule has 2 nitrogen and oxygen atoms in total. The van der Waals surface area contributed by atoms with Crippen molar-refractivity contribution in [2.45, 2.75) is 5.79 Å². The molecule has 8 heavy (non-hydrogen) atoms. The summed E-state index contributed by atoms with van der Waals surface area (Å²) in [6, 6.07) is 0. The lowest BCUT2D eigenvalue weighted by atomic mass is 10.1. The minimum absolute atomic E-state index is 1.30. The van der Waals surface area contributed by atoms with Gasteiger partial charge < -0.3 is 10.2 Å². The van der Waals surface area contributed by atoms with E-state index in [9.17, 15) is 0 Å². The van der Waals surface area contributed by atoms with Crippen molar-refractivity contribution in [2.24, 2.45) is 0 Å². The topological polar surface area (TPSA) is 40.5 Å². The fourth-order valence-corrected chi connectivity index (χ4v) is 0.514. The summed E-state index contributed by atoms with van der Waals surface area (Å²) in [6.07, 6.45) is 7.49. The van der Waals surface area contributed by atoms with Crippen LogP contribution in [0.25, 0.3) is 0 Å². The molecule has 0 aromatic heterocycles. The molecule has 0 spiro atoms. The van der Waals surface area contributed by atoms with E-state index >= 15 is 0 Å². The van der Waals surface area contributed by atoms with Crippen LogP contribution in [0.2, 0.25) is 0 Å². The first kappa shape index (κ1) is 5.41. The maximum absolute atomic E-state index is 8.74. The average Bonchev–Trinajstić information content (AvgIpc) is 1.65. The van der Waals surface area contributed by atoms with E-state index in [1.807, 2.05) is 0 Å². The Kier molecular flexibility index (Phi) is 1.12. The summed E-state index contributed by atoms with van der Waals surface area (Å²) in [5, 5.41) is 17.5. The highest BCUT2D eigenvalue weighted by atomic mass is 16.5. The predicted octanol–water partition coefficient (Wildman–Crippen LogP) is -0.00241. The van der Waals surface area contributed by atoms with E-state index in [0.29, 0.717) is 0 Å². The second-order valence-corrected chi connectivity index (χ2v) is 1.69. The van der Waals surface area contributed by atoms with E-state index in [2.05, 4.69) is 0 Å². The molecular weight excluding hydrogens is 104 g/mol. The highest BCUT2D eigenvalue weighted by Gasteiger charge is 2.23. The Morgan fingerprint density at radius 3 is 1.88 bits per heavy atom. The van der Waals surface area contributed by atoms with Crippen LogP contribution >= 0.6 is 0 Å². The lowest BCUT2D eigenvalue weighted by Crippen LogP contribution is -2.22. The minimum atomic E-state index is -1.71. The largest absolute Gasteiger partial charge is 0.338 e. The zero-order valence-electron chi connectivity index (χ0n) is 4.28. The number of hydrogen-bond acceptors (Lipinski definition) is 2. The molecule has 0 aliphatic heterocycles. The van der Waals surface area contributed by atoms with Gasteiger partial charge in [0, 0.05) is 18.6 Å². The van der Waals surface area contributed by atoms with Gasteiger partial charge in [0.1, 0.15) is 0 Å². The van der Waals surface area contributed by atoms with E-state index in [1.165, 1.54) is 12.2 Å². The van der Waals surface area contributed by atoms with Crippen LogP contribution in [0.1, 0.15) is 0 Å². The summed E-state index contributed by atoms with van der Waals surface area (Å²) >= 11 is 0. The first-order chi connectivity index (χ1) is 3.71. The molecule has 0 heterocycles. The van der Waals surface area contributed by atoms with Crippen LogP contribution in [-0.2, 0) is 0 Å². The standard InChI is InChI=1S/C6H7O2/c7-6(8)4-2-1-3-5-6/h1-5,7-8H/q+1. The Morgan fingerprint density at radius 2 is 1.62 bits per heavy atom. The second-order valence-electron chi connectivity index (χ2n) is 1.69. The molecule has 0 radical (unpaired) electrons. The summed E-state index contributed by atoms with van der Waals surface area (Å²) < 4.78 is 0. The van der Waals surface area contributed by atoms with Crippen LogP contribution in [0.15, 0.2) is 24.3 Å². The number of hydrogen-bond donors (Lipinski definition) is 2. The lowest BCUT2D eigenvalue weighted by Gasteiger charge is -2.05. The first-order valence-electron chi connectivity index (χ1n) is 2.36. The van der Waals surface area contributed by atoms with Crippen LogP contribution in [0.3, 0.4) is 0 Å². The van der Waals surface area contributed by atoms with Gasteiger partial charge in [0.05, 0.1) is 12.2 Å². The Morgan fingerprint density at radius 1 is 1.12 bits per heavy atom. The van der Waals surface area contributed by atoms with Gasteiger partial charge in [-0.2, -0.15) is 0 Å². The normalized spacial score (nSPS) is 22.8.